The summed E-state index contributed by atoms with van der Waals surface area (Å²) < 4.78 is 38.4. The van der Waals surface area contributed by atoms with Crippen LogP contribution in [0.1, 0.15) is 45.4 Å². The summed E-state index contributed by atoms with van der Waals surface area (Å²) in [5.41, 5.74) is -1.30. The Morgan fingerprint density at radius 1 is 1.25 bits per heavy atom. The molecule has 1 saturated carbocycles. The molecule has 1 aliphatic carbocycles. The van der Waals surface area contributed by atoms with Crippen LogP contribution in [0.3, 0.4) is 0 Å². The van der Waals surface area contributed by atoms with Gasteiger partial charge < -0.3 is 10.2 Å². The number of alkyl halides is 3. The molecule has 20 heavy (non-hydrogen) atoms. The van der Waals surface area contributed by atoms with Crippen molar-refractivity contribution in [3.63, 3.8) is 0 Å². The van der Waals surface area contributed by atoms with Crippen LogP contribution in [0.15, 0.2) is 0 Å². The summed E-state index contributed by atoms with van der Waals surface area (Å²) in [6.07, 6.45) is -1.32. The molecule has 0 bridgehead atoms. The molecule has 1 spiro atoms. The van der Waals surface area contributed by atoms with E-state index in [0.717, 1.165) is 11.3 Å². The lowest BCUT2D eigenvalue weighted by Gasteiger charge is -2.50. The molecule has 1 unspecified atom stereocenters. The molecule has 1 N–H and O–H groups in total. The molecule has 2 aliphatic rings. The minimum Gasteiger partial charge on any atom is -0.342 e. The van der Waals surface area contributed by atoms with E-state index in [1.54, 1.807) is 6.92 Å². The highest BCUT2D eigenvalue weighted by molar-refractivity contribution is 5.99. The fourth-order valence-electron chi connectivity index (χ4n) is 3.19. The predicted octanol–water partition coefficient (Wildman–Crippen LogP) is 1.99. The molecule has 2 fully saturated rings. The molecule has 0 aromatic rings. The van der Waals surface area contributed by atoms with Crippen LogP contribution in [0.25, 0.3) is 0 Å². The number of piperazine rings is 1. The third-order valence-corrected chi connectivity index (χ3v) is 4.24. The monoisotopic (exact) mass is 292 g/mol. The summed E-state index contributed by atoms with van der Waals surface area (Å²) in [6.45, 7) is 0.337. The zero-order valence-electron chi connectivity index (χ0n) is 11.4. The van der Waals surface area contributed by atoms with E-state index in [-0.39, 0.29) is 0 Å². The van der Waals surface area contributed by atoms with Gasteiger partial charge in [-0.05, 0) is 19.3 Å². The number of carbonyl (C=O) groups is 2. The third kappa shape index (κ3) is 2.62. The van der Waals surface area contributed by atoms with Gasteiger partial charge in [-0.1, -0.05) is 26.2 Å². The lowest BCUT2D eigenvalue weighted by atomic mass is 9.77. The van der Waals surface area contributed by atoms with E-state index in [1.165, 1.54) is 0 Å². The van der Waals surface area contributed by atoms with Crippen molar-refractivity contribution in [1.82, 2.24) is 10.2 Å². The van der Waals surface area contributed by atoms with Crippen molar-refractivity contribution >= 4 is 11.8 Å². The van der Waals surface area contributed by atoms with Crippen molar-refractivity contribution in [2.75, 3.05) is 6.54 Å². The zero-order valence-corrected chi connectivity index (χ0v) is 11.4. The Bertz CT molecular complexity index is 403. The normalized spacial score (nSPS) is 26.8. The Morgan fingerprint density at radius 2 is 1.85 bits per heavy atom. The standard InChI is InChI=1S/C13H19F3N2O2/c1-2-9-10(19)18(8-13(14,15)16)12(11(20)17-9)6-4-3-5-7-12/h9H,2-8H2,1H3,(H,17,20). The molecule has 0 aromatic carbocycles. The second kappa shape index (κ2) is 5.26. The van der Waals surface area contributed by atoms with Crippen molar-refractivity contribution < 1.29 is 22.8 Å². The lowest BCUT2D eigenvalue weighted by molar-refractivity contribution is -0.186. The summed E-state index contributed by atoms with van der Waals surface area (Å²) in [5.74, 6) is -1.03. The van der Waals surface area contributed by atoms with Crippen LogP contribution in [-0.4, -0.2) is 41.0 Å². The van der Waals surface area contributed by atoms with Crippen molar-refractivity contribution in [1.29, 1.82) is 0 Å². The van der Waals surface area contributed by atoms with Crippen LogP contribution in [0.5, 0.6) is 0 Å². The Balaban J connectivity index is 2.35. The molecule has 0 radical (unpaired) electrons. The molecule has 114 valence electrons. The summed E-state index contributed by atoms with van der Waals surface area (Å²) in [6, 6.07) is -0.836. The number of hydrogen-bond donors (Lipinski definition) is 1. The van der Waals surface area contributed by atoms with Gasteiger partial charge in [0.15, 0.2) is 0 Å². The van der Waals surface area contributed by atoms with Crippen molar-refractivity contribution in [2.45, 2.75) is 63.2 Å². The highest BCUT2D eigenvalue weighted by Crippen LogP contribution is 2.38. The number of nitrogens with one attached hydrogen (secondary N) is 1. The topological polar surface area (TPSA) is 49.4 Å². The van der Waals surface area contributed by atoms with E-state index >= 15 is 0 Å². The average Bonchev–Trinajstić information content (AvgIpc) is 2.39. The number of halogens is 3. The van der Waals surface area contributed by atoms with E-state index in [1.807, 2.05) is 0 Å². The first-order chi connectivity index (χ1) is 9.30. The second-order valence-electron chi connectivity index (χ2n) is 5.57. The van der Waals surface area contributed by atoms with Gasteiger partial charge in [0.05, 0.1) is 0 Å². The number of amides is 2. The minimum absolute atomic E-state index is 0.301. The van der Waals surface area contributed by atoms with Crippen molar-refractivity contribution in [3.05, 3.63) is 0 Å². The van der Waals surface area contributed by atoms with E-state index in [4.69, 9.17) is 0 Å². The van der Waals surface area contributed by atoms with Crippen LogP contribution in [0.2, 0.25) is 0 Å². The highest BCUT2D eigenvalue weighted by Gasteiger charge is 2.54. The molecule has 1 heterocycles. The van der Waals surface area contributed by atoms with Crippen LogP contribution >= 0.6 is 0 Å². The molecule has 2 rings (SSSR count). The Kier molecular flexibility index (Phi) is 3.97. The molecule has 1 aliphatic heterocycles. The van der Waals surface area contributed by atoms with Crippen LogP contribution in [0, 0.1) is 0 Å². The van der Waals surface area contributed by atoms with E-state index < -0.39 is 36.1 Å². The van der Waals surface area contributed by atoms with Gasteiger partial charge in [0.1, 0.15) is 18.1 Å². The zero-order chi connectivity index (χ0) is 15.0. The van der Waals surface area contributed by atoms with Crippen LogP contribution in [-0.2, 0) is 9.59 Å². The number of carbonyl (C=O) groups excluding carboxylic acids is 2. The van der Waals surface area contributed by atoms with Gasteiger partial charge in [-0.2, -0.15) is 13.2 Å². The first kappa shape index (κ1) is 15.1. The molecule has 1 saturated heterocycles. The summed E-state index contributed by atoms with van der Waals surface area (Å²) in [4.78, 5) is 25.4. The Labute approximate surface area is 115 Å². The van der Waals surface area contributed by atoms with Gasteiger partial charge in [0, 0.05) is 0 Å². The smallest absolute Gasteiger partial charge is 0.342 e. The highest BCUT2D eigenvalue weighted by atomic mass is 19.4. The molecule has 4 nitrogen and oxygen atoms in total. The van der Waals surface area contributed by atoms with Gasteiger partial charge in [0.2, 0.25) is 11.8 Å². The maximum atomic E-state index is 12.8. The van der Waals surface area contributed by atoms with Gasteiger partial charge in [-0.25, -0.2) is 0 Å². The van der Waals surface area contributed by atoms with Crippen molar-refractivity contribution in [2.24, 2.45) is 0 Å². The largest absolute Gasteiger partial charge is 0.406 e. The van der Waals surface area contributed by atoms with Gasteiger partial charge >= 0.3 is 6.18 Å². The summed E-state index contributed by atoms with van der Waals surface area (Å²) in [5, 5.41) is 2.59. The maximum Gasteiger partial charge on any atom is 0.406 e. The quantitative estimate of drug-likeness (QED) is 0.846. The Hall–Kier alpha value is -1.27. The summed E-state index contributed by atoms with van der Waals surface area (Å²) >= 11 is 0. The van der Waals surface area contributed by atoms with Crippen molar-refractivity contribution in [3.8, 4) is 0 Å². The van der Waals surface area contributed by atoms with Gasteiger partial charge in [-0.15, -0.1) is 0 Å². The average molecular weight is 292 g/mol. The molecule has 7 heteroatoms. The first-order valence-electron chi connectivity index (χ1n) is 6.99. The van der Waals surface area contributed by atoms with Gasteiger partial charge in [-0.3, -0.25) is 9.59 Å². The van der Waals surface area contributed by atoms with Crippen LogP contribution < -0.4 is 5.32 Å². The number of nitrogens with zero attached hydrogens (tertiary/aromatic N) is 1. The lowest BCUT2D eigenvalue weighted by Crippen LogP contribution is -2.72. The van der Waals surface area contributed by atoms with E-state index in [0.29, 0.717) is 32.1 Å². The third-order valence-electron chi connectivity index (χ3n) is 4.24. The van der Waals surface area contributed by atoms with Gasteiger partial charge in [0.25, 0.3) is 0 Å². The number of hydrogen-bond acceptors (Lipinski definition) is 2. The van der Waals surface area contributed by atoms with E-state index in [2.05, 4.69) is 5.32 Å². The fraction of sp³-hybridized carbons (Fsp3) is 0.846. The molecular weight excluding hydrogens is 273 g/mol. The SMILES string of the molecule is CCC1NC(=O)C2(CCCCC2)N(CC(F)(F)F)C1=O. The first-order valence-corrected chi connectivity index (χ1v) is 6.99. The molecule has 0 aromatic heterocycles. The van der Waals surface area contributed by atoms with E-state index in [9.17, 15) is 22.8 Å². The molecule has 2 amide bonds. The maximum absolute atomic E-state index is 12.8. The predicted molar refractivity (Wildman–Crippen MR) is 65.8 cm³/mol. The fourth-order valence-corrected chi connectivity index (χ4v) is 3.19. The second-order valence-corrected chi connectivity index (χ2v) is 5.57. The number of rotatable bonds is 2. The minimum atomic E-state index is -4.49. The summed E-state index contributed by atoms with van der Waals surface area (Å²) in [7, 11) is 0. The molecule has 1 atom stereocenters. The Morgan fingerprint density at radius 3 is 2.35 bits per heavy atom. The van der Waals surface area contributed by atoms with Crippen LogP contribution in [0.4, 0.5) is 13.2 Å². The molecular formula is C13H19F3N2O2.